The molecule has 1 heterocycles. The van der Waals surface area contributed by atoms with Crippen molar-refractivity contribution in [3.63, 3.8) is 0 Å². The normalized spacial score (nSPS) is 14.9. The van der Waals surface area contributed by atoms with Crippen LogP contribution in [0.25, 0.3) is 6.08 Å². The van der Waals surface area contributed by atoms with Crippen molar-refractivity contribution >= 4 is 35.3 Å². The molecule has 0 atom stereocenters. The third kappa shape index (κ3) is 4.92. The fraction of sp³-hybridized carbons (Fsp3) is 0.258. The maximum absolute atomic E-state index is 13.7. The van der Waals surface area contributed by atoms with E-state index in [2.05, 4.69) is 0 Å². The average molecular weight is 497 g/mol. The lowest BCUT2D eigenvalue weighted by Crippen LogP contribution is -2.57. The lowest BCUT2D eigenvalue weighted by atomic mass is 9.78. The standard InChI is InChI=1S/C31H32N2O4/c1-30(2,3)24-18-20(19-25(26(24)34)31(4,5)6)17-23-27(35)32(21-13-9-7-10-14-21)29(37)33(28(23)36)22-15-11-8-12-16-22/h7-19,34H,1-6H3. The van der Waals surface area contributed by atoms with E-state index in [1.54, 1.807) is 72.8 Å². The van der Waals surface area contributed by atoms with Crippen molar-refractivity contribution in [2.75, 3.05) is 9.80 Å². The number of benzene rings is 3. The molecule has 4 amide bonds. The number of phenolic OH excluding ortho intramolecular Hbond substituents is 1. The summed E-state index contributed by atoms with van der Waals surface area (Å²) in [5, 5.41) is 11.1. The summed E-state index contributed by atoms with van der Waals surface area (Å²) in [6.07, 6.45) is 1.52. The number of imide groups is 2. The molecule has 6 nitrogen and oxygen atoms in total. The highest BCUT2D eigenvalue weighted by atomic mass is 16.3. The Hall–Kier alpha value is -4.19. The fourth-order valence-electron chi connectivity index (χ4n) is 4.39. The summed E-state index contributed by atoms with van der Waals surface area (Å²) in [5.41, 5.74) is 1.83. The van der Waals surface area contributed by atoms with Gasteiger partial charge in [0.25, 0.3) is 11.8 Å². The van der Waals surface area contributed by atoms with Crippen LogP contribution in [0.15, 0.2) is 78.4 Å². The summed E-state index contributed by atoms with van der Waals surface area (Å²) in [5.74, 6) is -1.19. The molecule has 190 valence electrons. The Balaban J connectivity index is 1.95. The zero-order valence-electron chi connectivity index (χ0n) is 22.1. The van der Waals surface area contributed by atoms with Crippen LogP contribution in [0.5, 0.6) is 5.75 Å². The molecule has 3 aromatic carbocycles. The van der Waals surface area contributed by atoms with Gasteiger partial charge in [0, 0.05) is 11.1 Å². The van der Waals surface area contributed by atoms with Gasteiger partial charge in [0.05, 0.1) is 11.4 Å². The number of aromatic hydroxyl groups is 1. The molecule has 1 aliphatic rings. The van der Waals surface area contributed by atoms with Crippen LogP contribution in [-0.4, -0.2) is 23.0 Å². The Bertz CT molecular complexity index is 1300. The first kappa shape index (κ1) is 25.9. The quantitative estimate of drug-likeness (QED) is 0.329. The first-order valence-electron chi connectivity index (χ1n) is 12.2. The van der Waals surface area contributed by atoms with Gasteiger partial charge >= 0.3 is 6.03 Å². The molecule has 1 N–H and O–H groups in total. The molecule has 37 heavy (non-hydrogen) atoms. The molecule has 0 aliphatic carbocycles. The van der Waals surface area contributed by atoms with E-state index in [-0.39, 0.29) is 22.2 Å². The molecular formula is C31H32N2O4. The zero-order chi connectivity index (χ0) is 27.1. The molecule has 1 aliphatic heterocycles. The second-order valence-electron chi connectivity index (χ2n) is 11.3. The Labute approximate surface area is 217 Å². The number of carbonyl (C=O) groups excluding carboxylic acids is 3. The topological polar surface area (TPSA) is 77.9 Å². The minimum absolute atomic E-state index is 0.141. The van der Waals surface area contributed by atoms with Crippen molar-refractivity contribution in [3.05, 3.63) is 95.1 Å². The molecule has 0 radical (unpaired) electrons. The fourth-order valence-corrected chi connectivity index (χ4v) is 4.39. The van der Waals surface area contributed by atoms with E-state index < -0.39 is 17.8 Å². The number of rotatable bonds is 3. The van der Waals surface area contributed by atoms with Gasteiger partial charge < -0.3 is 5.11 Å². The first-order valence-corrected chi connectivity index (χ1v) is 12.2. The smallest absolute Gasteiger partial charge is 0.343 e. The van der Waals surface area contributed by atoms with Gasteiger partial charge in [-0.15, -0.1) is 0 Å². The highest BCUT2D eigenvalue weighted by Gasteiger charge is 2.43. The molecule has 0 bridgehead atoms. The van der Waals surface area contributed by atoms with Gasteiger partial charge in [0.1, 0.15) is 11.3 Å². The monoisotopic (exact) mass is 496 g/mol. The molecule has 0 spiro atoms. The van der Waals surface area contributed by atoms with E-state index in [1.807, 2.05) is 41.5 Å². The second-order valence-corrected chi connectivity index (χ2v) is 11.3. The van der Waals surface area contributed by atoms with E-state index in [1.165, 1.54) is 6.08 Å². The summed E-state index contributed by atoms with van der Waals surface area (Å²) in [6, 6.07) is 20.0. The van der Waals surface area contributed by atoms with Crippen molar-refractivity contribution in [2.45, 2.75) is 52.4 Å². The summed E-state index contributed by atoms with van der Waals surface area (Å²) >= 11 is 0. The van der Waals surface area contributed by atoms with Crippen LogP contribution >= 0.6 is 0 Å². The summed E-state index contributed by atoms with van der Waals surface area (Å²) in [4.78, 5) is 43.0. The van der Waals surface area contributed by atoms with Gasteiger partial charge in [-0.05, 0) is 58.9 Å². The van der Waals surface area contributed by atoms with Crippen LogP contribution in [0.2, 0.25) is 0 Å². The maximum atomic E-state index is 13.7. The van der Waals surface area contributed by atoms with Crippen LogP contribution in [0.3, 0.4) is 0 Å². The number of anilines is 2. The third-order valence-corrected chi connectivity index (χ3v) is 6.34. The SMILES string of the molecule is CC(C)(C)c1cc(C=C2C(=O)N(c3ccccc3)C(=O)N(c3ccccc3)C2=O)cc(C(C)(C)C)c1O. The second kappa shape index (κ2) is 9.36. The maximum Gasteiger partial charge on any atom is 0.343 e. The van der Waals surface area contributed by atoms with Gasteiger partial charge in [-0.25, -0.2) is 14.6 Å². The average Bonchev–Trinajstić information content (AvgIpc) is 2.82. The van der Waals surface area contributed by atoms with Gasteiger partial charge in [0.15, 0.2) is 0 Å². The van der Waals surface area contributed by atoms with Crippen LogP contribution in [0.1, 0.15) is 58.2 Å². The van der Waals surface area contributed by atoms with Crippen molar-refractivity contribution in [3.8, 4) is 5.75 Å². The van der Waals surface area contributed by atoms with E-state index in [0.717, 1.165) is 9.80 Å². The zero-order valence-corrected chi connectivity index (χ0v) is 22.1. The number of amides is 4. The number of para-hydroxylation sites is 2. The molecular weight excluding hydrogens is 464 g/mol. The summed E-state index contributed by atoms with van der Waals surface area (Å²) in [6.45, 7) is 12.0. The molecule has 0 aromatic heterocycles. The number of carbonyl (C=O) groups is 3. The summed E-state index contributed by atoms with van der Waals surface area (Å²) < 4.78 is 0. The summed E-state index contributed by atoms with van der Waals surface area (Å²) in [7, 11) is 0. The van der Waals surface area contributed by atoms with Crippen LogP contribution in [0, 0.1) is 0 Å². The van der Waals surface area contributed by atoms with E-state index in [9.17, 15) is 19.5 Å². The largest absolute Gasteiger partial charge is 0.507 e. The molecule has 6 heteroatoms. The Morgan fingerprint density at radius 3 is 1.38 bits per heavy atom. The van der Waals surface area contributed by atoms with Crippen molar-refractivity contribution in [2.24, 2.45) is 0 Å². The van der Waals surface area contributed by atoms with E-state index >= 15 is 0 Å². The number of barbiturate groups is 1. The predicted octanol–water partition coefficient (Wildman–Crippen LogP) is 6.57. The molecule has 3 aromatic rings. The van der Waals surface area contributed by atoms with Gasteiger partial charge in [-0.3, -0.25) is 9.59 Å². The van der Waals surface area contributed by atoms with Crippen LogP contribution in [0.4, 0.5) is 16.2 Å². The van der Waals surface area contributed by atoms with Crippen molar-refractivity contribution in [1.82, 2.24) is 0 Å². The van der Waals surface area contributed by atoms with Crippen LogP contribution < -0.4 is 9.80 Å². The van der Waals surface area contributed by atoms with Gasteiger partial charge in [-0.2, -0.15) is 0 Å². The predicted molar refractivity (Wildman–Crippen MR) is 147 cm³/mol. The molecule has 1 fully saturated rings. The molecule has 4 rings (SSSR count). The van der Waals surface area contributed by atoms with Gasteiger partial charge in [0.2, 0.25) is 0 Å². The molecule has 0 saturated carbocycles. The van der Waals surface area contributed by atoms with Gasteiger partial charge in [-0.1, -0.05) is 77.9 Å². The lowest BCUT2D eigenvalue weighted by Gasteiger charge is -2.34. The lowest BCUT2D eigenvalue weighted by molar-refractivity contribution is -0.121. The highest BCUT2D eigenvalue weighted by molar-refractivity contribution is 6.46. The Morgan fingerprint density at radius 1 is 0.649 bits per heavy atom. The van der Waals surface area contributed by atoms with Crippen LogP contribution in [-0.2, 0) is 20.4 Å². The Kier molecular flexibility index (Phi) is 6.55. The number of urea groups is 1. The minimum atomic E-state index is -0.735. The molecule has 1 saturated heterocycles. The van der Waals surface area contributed by atoms with Crippen molar-refractivity contribution in [1.29, 1.82) is 0 Å². The number of phenols is 1. The highest BCUT2D eigenvalue weighted by Crippen LogP contribution is 2.40. The number of nitrogens with zero attached hydrogens (tertiary/aromatic N) is 2. The minimum Gasteiger partial charge on any atom is -0.507 e. The number of hydrogen-bond acceptors (Lipinski definition) is 4. The van der Waals surface area contributed by atoms with E-state index in [4.69, 9.17) is 0 Å². The molecule has 0 unspecified atom stereocenters. The third-order valence-electron chi connectivity index (χ3n) is 6.34. The van der Waals surface area contributed by atoms with E-state index in [0.29, 0.717) is 28.1 Å². The van der Waals surface area contributed by atoms with Crippen molar-refractivity contribution < 1.29 is 19.5 Å². The number of hydrogen-bond donors (Lipinski definition) is 1. The Morgan fingerprint density at radius 2 is 1.03 bits per heavy atom. The first-order chi connectivity index (χ1) is 17.3.